The molecule has 6 unspecified atom stereocenters. The maximum atomic E-state index is 12.4. The van der Waals surface area contributed by atoms with Crippen LogP contribution in [0.4, 0.5) is 0 Å². The van der Waals surface area contributed by atoms with Gasteiger partial charge in [0.2, 0.25) is 0 Å². The monoisotopic (exact) mass is 426 g/mol. The first kappa shape index (κ1) is 21.4. The summed E-state index contributed by atoms with van der Waals surface area (Å²) in [4.78, 5) is 17.6. The van der Waals surface area contributed by atoms with Crippen LogP contribution in [-0.2, 0) is 4.79 Å². The highest BCUT2D eigenvalue weighted by Crippen LogP contribution is 2.59. The number of aliphatic carboxylic acids is 1. The first-order valence-electron chi connectivity index (χ1n) is 12.5. The molecular weight excluding hydrogens is 388 g/mol. The van der Waals surface area contributed by atoms with E-state index >= 15 is 0 Å². The SMILES string of the molecule is O=C(O)C1=CC2(O)CCC=CCCCCN3CCC1C1(CC4C=CCCCCN4C21)C3. The van der Waals surface area contributed by atoms with E-state index in [1.54, 1.807) is 6.08 Å². The molecule has 170 valence electrons. The van der Waals surface area contributed by atoms with Crippen molar-refractivity contribution in [3.8, 4) is 0 Å². The summed E-state index contributed by atoms with van der Waals surface area (Å²) in [6, 6.07) is 0.307. The zero-order chi connectivity index (χ0) is 21.5. The molecule has 6 atom stereocenters. The molecule has 2 fully saturated rings. The Hall–Kier alpha value is -1.43. The van der Waals surface area contributed by atoms with Crippen molar-refractivity contribution in [3.05, 3.63) is 36.0 Å². The maximum Gasteiger partial charge on any atom is 0.331 e. The van der Waals surface area contributed by atoms with Gasteiger partial charge in [-0.15, -0.1) is 0 Å². The highest BCUT2D eigenvalue weighted by atomic mass is 16.4. The molecule has 3 bridgehead atoms. The van der Waals surface area contributed by atoms with E-state index in [1.165, 1.54) is 19.3 Å². The number of fused-ring (bicyclic) bond motifs is 2. The third-order valence-electron chi connectivity index (χ3n) is 8.71. The number of aliphatic hydroxyl groups is 1. The fourth-order valence-electron chi connectivity index (χ4n) is 7.57. The molecule has 0 saturated carbocycles. The lowest BCUT2D eigenvalue weighted by atomic mass is 9.55. The van der Waals surface area contributed by atoms with Gasteiger partial charge in [-0.25, -0.2) is 4.79 Å². The molecule has 5 nitrogen and oxygen atoms in total. The number of allylic oxidation sites excluding steroid dienone is 3. The van der Waals surface area contributed by atoms with Crippen LogP contribution in [0, 0.1) is 11.3 Å². The van der Waals surface area contributed by atoms with Gasteiger partial charge in [0.25, 0.3) is 0 Å². The lowest BCUT2D eigenvalue weighted by Gasteiger charge is -2.57. The minimum absolute atomic E-state index is 0.00203. The number of hydrogen-bond acceptors (Lipinski definition) is 4. The van der Waals surface area contributed by atoms with Crippen molar-refractivity contribution in [1.29, 1.82) is 0 Å². The first-order chi connectivity index (χ1) is 15.0. The van der Waals surface area contributed by atoms with Crippen LogP contribution in [0.1, 0.15) is 64.2 Å². The molecule has 4 heterocycles. The summed E-state index contributed by atoms with van der Waals surface area (Å²) >= 11 is 0. The second-order valence-corrected chi connectivity index (χ2v) is 10.6. The lowest BCUT2D eigenvalue weighted by molar-refractivity contribution is -0.139. The Balaban J connectivity index is 1.65. The molecule has 5 rings (SSSR count). The van der Waals surface area contributed by atoms with Gasteiger partial charge in [-0.2, -0.15) is 0 Å². The molecule has 2 N–H and O–H groups in total. The van der Waals surface area contributed by atoms with Crippen molar-refractivity contribution in [3.63, 3.8) is 0 Å². The lowest BCUT2D eigenvalue weighted by Crippen LogP contribution is -2.66. The third kappa shape index (κ3) is 3.73. The summed E-state index contributed by atoms with van der Waals surface area (Å²) in [7, 11) is 0. The molecule has 5 aliphatic rings. The Labute approximate surface area is 186 Å². The van der Waals surface area contributed by atoms with Crippen LogP contribution in [0.3, 0.4) is 0 Å². The number of carboxylic acid groups (broad SMARTS) is 1. The molecule has 0 aromatic heterocycles. The fraction of sp³-hybridized carbons (Fsp3) is 0.731. The molecular formula is C26H38N2O3. The maximum absolute atomic E-state index is 12.4. The van der Waals surface area contributed by atoms with Crippen molar-refractivity contribution in [1.82, 2.24) is 9.80 Å². The second kappa shape index (κ2) is 8.49. The van der Waals surface area contributed by atoms with E-state index in [-0.39, 0.29) is 17.4 Å². The topological polar surface area (TPSA) is 64.0 Å². The van der Waals surface area contributed by atoms with E-state index < -0.39 is 11.6 Å². The van der Waals surface area contributed by atoms with E-state index in [2.05, 4.69) is 34.1 Å². The molecule has 0 aromatic rings. The van der Waals surface area contributed by atoms with Crippen molar-refractivity contribution in [2.75, 3.05) is 26.2 Å². The van der Waals surface area contributed by atoms with Crippen LogP contribution in [-0.4, -0.2) is 69.8 Å². The number of carboxylic acids is 1. The Kier molecular flexibility index (Phi) is 5.87. The molecule has 5 heteroatoms. The molecule has 31 heavy (non-hydrogen) atoms. The molecule has 1 aliphatic carbocycles. The van der Waals surface area contributed by atoms with Crippen molar-refractivity contribution in [2.45, 2.75) is 81.9 Å². The fourth-order valence-corrected chi connectivity index (χ4v) is 7.57. The summed E-state index contributed by atoms with van der Waals surface area (Å²) in [6.07, 6.45) is 21.2. The summed E-state index contributed by atoms with van der Waals surface area (Å²) in [5, 5.41) is 22.4. The van der Waals surface area contributed by atoms with Gasteiger partial charge in [0.1, 0.15) is 0 Å². The van der Waals surface area contributed by atoms with Gasteiger partial charge in [0.15, 0.2) is 0 Å². The first-order valence-corrected chi connectivity index (χ1v) is 12.5. The molecule has 0 aromatic carbocycles. The number of carbonyl (C=O) groups is 1. The normalized spacial score (nSPS) is 43.5. The van der Waals surface area contributed by atoms with Crippen molar-refractivity contribution < 1.29 is 15.0 Å². The van der Waals surface area contributed by atoms with Crippen LogP contribution in [0.25, 0.3) is 0 Å². The Morgan fingerprint density at radius 1 is 1.00 bits per heavy atom. The van der Waals surface area contributed by atoms with Gasteiger partial charge in [-0.1, -0.05) is 24.3 Å². The van der Waals surface area contributed by atoms with Crippen LogP contribution in [0.2, 0.25) is 0 Å². The number of nitrogens with zero attached hydrogens (tertiary/aromatic N) is 2. The molecule has 0 radical (unpaired) electrons. The average molecular weight is 427 g/mol. The van der Waals surface area contributed by atoms with Gasteiger partial charge >= 0.3 is 5.97 Å². The van der Waals surface area contributed by atoms with E-state index in [0.717, 1.165) is 64.7 Å². The zero-order valence-electron chi connectivity index (χ0n) is 18.7. The predicted octanol–water partition coefficient (Wildman–Crippen LogP) is 3.75. The largest absolute Gasteiger partial charge is 0.478 e. The summed E-state index contributed by atoms with van der Waals surface area (Å²) < 4.78 is 0. The van der Waals surface area contributed by atoms with E-state index in [1.807, 2.05) is 0 Å². The Bertz CT molecular complexity index is 790. The van der Waals surface area contributed by atoms with Crippen LogP contribution >= 0.6 is 0 Å². The van der Waals surface area contributed by atoms with E-state index in [9.17, 15) is 15.0 Å². The standard InChI is InChI=1S/C26H38N2O3/c29-23(30)21-18-26(31)13-8-4-1-2-5-9-14-27-16-12-22(21)25(19-27)17-20-11-7-3-6-10-15-28(20)24(25)26/h1,4,7,11,18,20,22,24,31H,2-3,5-6,8-10,12-17,19H2,(H,29,30). The smallest absolute Gasteiger partial charge is 0.331 e. The van der Waals surface area contributed by atoms with Crippen LogP contribution < -0.4 is 0 Å². The highest BCUT2D eigenvalue weighted by Gasteiger charge is 2.66. The number of hydrogen-bond donors (Lipinski definition) is 2. The minimum atomic E-state index is -1.09. The second-order valence-electron chi connectivity index (χ2n) is 10.6. The van der Waals surface area contributed by atoms with Crippen molar-refractivity contribution >= 4 is 5.97 Å². The van der Waals surface area contributed by atoms with Gasteiger partial charge in [-0.3, -0.25) is 4.90 Å². The molecule has 1 spiro atoms. The van der Waals surface area contributed by atoms with E-state index in [0.29, 0.717) is 18.0 Å². The molecule has 0 amide bonds. The predicted molar refractivity (Wildman–Crippen MR) is 122 cm³/mol. The van der Waals surface area contributed by atoms with Gasteiger partial charge in [0.05, 0.1) is 11.6 Å². The Morgan fingerprint density at radius 2 is 1.77 bits per heavy atom. The quantitative estimate of drug-likeness (QED) is 0.625. The highest BCUT2D eigenvalue weighted by molar-refractivity contribution is 5.88. The van der Waals surface area contributed by atoms with Crippen LogP contribution in [0.15, 0.2) is 36.0 Å². The zero-order valence-corrected chi connectivity index (χ0v) is 18.7. The van der Waals surface area contributed by atoms with Crippen LogP contribution in [0.5, 0.6) is 0 Å². The summed E-state index contributed by atoms with van der Waals surface area (Å²) in [5.74, 6) is -0.793. The number of rotatable bonds is 1. The van der Waals surface area contributed by atoms with Gasteiger partial charge in [0, 0.05) is 29.5 Å². The van der Waals surface area contributed by atoms with Gasteiger partial charge in [-0.05, 0) is 89.9 Å². The molecule has 4 aliphatic heterocycles. The summed E-state index contributed by atoms with van der Waals surface area (Å²) in [5.41, 5.74) is -0.795. The summed E-state index contributed by atoms with van der Waals surface area (Å²) in [6.45, 7) is 3.98. The Morgan fingerprint density at radius 3 is 2.61 bits per heavy atom. The van der Waals surface area contributed by atoms with Crippen molar-refractivity contribution in [2.24, 2.45) is 11.3 Å². The third-order valence-corrected chi connectivity index (χ3v) is 8.71. The molecule has 2 saturated heterocycles. The van der Waals surface area contributed by atoms with Gasteiger partial charge < -0.3 is 15.1 Å². The number of piperidine rings is 1. The van der Waals surface area contributed by atoms with E-state index in [4.69, 9.17) is 0 Å². The minimum Gasteiger partial charge on any atom is -0.478 e. The average Bonchev–Trinajstić information content (AvgIpc) is 3.01.